The fourth-order valence-electron chi connectivity index (χ4n) is 2.33. The minimum Gasteiger partial charge on any atom is -0.454 e. The maximum absolute atomic E-state index is 12.1. The summed E-state index contributed by atoms with van der Waals surface area (Å²) >= 11 is 0. The van der Waals surface area contributed by atoms with Crippen molar-refractivity contribution in [1.29, 1.82) is 0 Å². The van der Waals surface area contributed by atoms with Gasteiger partial charge in [0.1, 0.15) is 0 Å². The van der Waals surface area contributed by atoms with E-state index < -0.39 is 0 Å². The third kappa shape index (κ3) is 4.11. The van der Waals surface area contributed by atoms with Crippen molar-refractivity contribution in [3.63, 3.8) is 0 Å². The summed E-state index contributed by atoms with van der Waals surface area (Å²) in [5, 5.41) is 12.1. The second kappa shape index (κ2) is 6.80. The SMILES string of the molecule is CCC(C)(CCO)NC(=O)CCc1ccc2c(c1)OCO2. The molecule has 5 nitrogen and oxygen atoms in total. The van der Waals surface area contributed by atoms with Crippen molar-refractivity contribution in [2.75, 3.05) is 13.4 Å². The molecule has 0 saturated heterocycles. The van der Waals surface area contributed by atoms with Crippen LogP contribution < -0.4 is 14.8 Å². The topological polar surface area (TPSA) is 67.8 Å². The fraction of sp³-hybridized carbons (Fsp3) is 0.562. The molecule has 1 aliphatic heterocycles. The Labute approximate surface area is 125 Å². The number of ether oxygens (including phenoxy) is 2. The van der Waals surface area contributed by atoms with Crippen LogP contribution in [0.15, 0.2) is 18.2 Å². The van der Waals surface area contributed by atoms with Gasteiger partial charge >= 0.3 is 0 Å². The summed E-state index contributed by atoms with van der Waals surface area (Å²) in [5.74, 6) is 1.50. The number of amides is 1. The zero-order valence-corrected chi connectivity index (χ0v) is 12.6. The first-order valence-electron chi connectivity index (χ1n) is 7.37. The molecular formula is C16H23NO4. The minimum atomic E-state index is -0.333. The quantitative estimate of drug-likeness (QED) is 0.807. The van der Waals surface area contributed by atoms with E-state index in [-0.39, 0.29) is 24.8 Å². The van der Waals surface area contributed by atoms with Gasteiger partial charge in [0, 0.05) is 18.6 Å². The minimum absolute atomic E-state index is 0.00506. The van der Waals surface area contributed by atoms with Gasteiger partial charge in [-0.1, -0.05) is 13.0 Å². The highest BCUT2D eigenvalue weighted by atomic mass is 16.7. The molecule has 1 aliphatic rings. The first-order valence-corrected chi connectivity index (χ1v) is 7.37. The Morgan fingerprint density at radius 1 is 1.38 bits per heavy atom. The van der Waals surface area contributed by atoms with E-state index in [1.807, 2.05) is 32.0 Å². The second-order valence-corrected chi connectivity index (χ2v) is 5.62. The predicted molar refractivity (Wildman–Crippen MR) is 79.4 cm³/mol. The van der Waals surface area contributed by atoms with Gasteiger partial charge in [0.25, 0.3) is 0 Å². The van der Waals surface area contributed by atoms with Gasteiger partial charge < -0.3 is 19.9 Å². The predicted octanol–water partition coefficient (Wildman–Crippen LogP) is 2.02. The molecule has 0 radical (unpaired) electrons. The number of carbonyl (C=O) groups excluding carboxylic acids is 1. The first-order chi connectivity index (χ1) is 10.1. The largest absolute Gasteiger partial charge is 0.454 e. The lowest BCUT2D eigenvalue weighted by Crippen LogP contribution is -2.46. The highest BCUT2D eigenvalue weighted by molar-refractivity contribution is 5.77. The fourth-order valence-corrected chi connectivity index (χ4v) is 2.33. The van der Waals surface area contributed by atoms with Crippen molar-refractivity contribution in [3.8, 4) is 11.5 Å². The van der Waals surface area contributed by atoms with Crippen LogP contribution in [0.3, 0.4) is 0 Å². The van der Waals surface area contributed by atoms with E-state index >= 15 is 0 Å². The van der Waals surface area contributed by atoms with Gasteiger partial charge in [0.2, 0.25) is 12.7 Å². The summed E-state index contributed by atoms with van der Waals surface area (Å²) in [6.45, 7) is 4.30. The number of fused-ring (bicyclic) bond motifs is 1. The van der Waals surface area contributed by atoms with Gasteiger partial charge in [-0.2, -0.15) is 0 Å². The Bertz CT molecular complexity index is 503. The summed E-state index contributed by atoms with van der Waals surface area (Å²) in [7, 11) is 0. The lowest BCUT2D eigenvalue weighted by Gasteiger charge is -2.29. The van der Waals surface area contributed by atoms with E-state index in [9.17, 15) is 4.79 Å². The Morgan fingerprint density at radius 2 is 2.14 bits per heavy atom. The van der Waals surface area contributed by atoms with E-state index in [1.54, 1.807) is 0 Å². The van der Waals surface area contributed by atoms with E-state index in [1.165, 1.54) is 0 Å². The number of hydrogen-bond donors (Lipinski definition) is 2. The number of aryl methyl sites for hydroxylation is 1. The lowest BCUT2D eigenvalue weighted by atomic mass is 9.94. The summed E-state index contributed by atoms with van der Waals surface area (Å²) < 4.78 is 10.6. The number of hydrogen-bond acceptors (Lipinski definition) is 4. The van der Waals surface area contributed by atoms with Crippen LogP contribution in [0.25, 0.3) is 0 Å². The molecule has 1 atom stereocenters. The van der Waals surface area contributed by atoms with E-state index in [0.29, 0.717) is 19.3 Å². The first kappa shape index (κ1) is 15.6. The molecule has 0 spiro atoms. The summed E-state index contributed by atoms with van der Waals surface area (Å²) in [4.78, 5) is 12.1. The molecule has 1 aromatic rings. The molecule has 5 heteroatoms. The smallest absolute Gasteiger partial charge is 0.231 e. The number of rotatable bonds is 7. The monoisotopic (exact) mass is 293 g/mol. The Kier molecular flexibility index (Phi) is 5.07. The molecule has 1 unspecified atom stereocenters. The average molecular weight is 293 g/mol. The standard InChI is InChI=1S/C16H23NO4/c1-3-16(2,8-9-18)17-15(19)7-5-12-4-6-13-14(10-12)21-11-20-13/h4,6,10,18H,3,5,7-9,11H2,1-2H3,(H,17,19). The molecular weight excluding hydrogens is 270 g/mol. The maximum Gasteiger partial charge on any atom is 0.231 e. The summed E-state index contributed by atoms with van der Waals surface area (Å²) in [6, 6.07) is 5.74. The molecule has 2 N–H and O–H groups in total. The highest BCUT2D eigenvalue weighted by Gasteiger charge is 2.23. The number of aliphatic hydroxyl groups excluding tert-OH is 1. The van der Waals surface area contributed by atoms with Crippen LogP contribution in [0.1, 0.15) is 38.7 Å². The van der Waals surface area contributed by atoms with Gasteiger partial charge in [0.05, 0.1) is 0 Å². The zero-order chi connectivity index (χ0) is 15.3. The van der Waals surface area contributed by atoms with Crippen molar-refractivity contribution >= 4 is 5.91 Å². The van der Waals surface area contributed by atoms with Gasteiger partial charge in [-0.05, 0) is 43.9 Å². The zero-order valence-electron chi connectivity index (χ0n) is 12.6. The van der Waals surface area contributed by atoms with Crippen molar-refractivity contribution < 1.29 is 19.4 Å². The van der Waals surface area contributed by atoms with Crippen LogP contribution in [0.5, 0.6) is 11.5 Å². The van der Waals surface area contributed by atoms with Crippen molar-refractivity contribution in [2.45, 2.75) is 45.1 Å². The molecule has 0 bridgehead atoms. The molecule has 116 valence electrons. The van der Waals surface area contributed by atoms with Crippen LogP contribution in [0, 0.1) is 0 Å². The van der Waals surface area contributed by atoms with E-state index in [2.05, 4.69) is 5.32 Å². The van der Waals surface area contributed by atoms with Crippen LogP contribution in [0.2, 0.25) is 0 Å². The summed E-state index contributed by atoms with van der Waals surface area (Å²) in [6.07, 6.45) is 2.44. The molecule has 21 heavy (non-hydrogen) atoms. The van der Waals surface area contributed by atoms with Crippen molar-refractivity contribution in [2.24, 2.45) is 0 Å². The lowest BCUT2D eigenvalue weighted by molar-refractivity contribution is -0.123. The number of aliphatic hydroxyl groups is 1. The van der Waals surface area contributed by atoms with Crippen LogP contribution in [-0.2, 0) is 11.2 Å². The molecule has 0 aromatic heterocycles. The molecule has 1 amide bonds. The van der Waals surface area contributed by atoms with Crippen molar-refractivity contribution in [3.05, 3.63) is 23.8 Å². The molecule has 1 heterocycles. The molecule has 2 rings (SSSR count). The average Bonchev–Trinajstić information content (AvgIpc) is 2.93. The Balaban J connectivity index is 1.86. The number of nitrogens with one attached hydrogen (secondary N) is 1. The van der Waals surface area contributed by atoms with Crippen LogP contribution in [0.4, 0.5) is 0 Å². The van der Waals surface area contributed by atoms with E-state index in [4.69, 9.17) is 14.6 Å². The Hall–Kier alpha value is -1.75. The number of carbonyl (C=O) groups is 1. The van der Waals surface area contributed by atoms with Gasteiger partial charge in [-0.3, -0.25) is 4.79 Å². The van der Waals surface area contributed by atoms with Crippen molar-refractivity contribution in [1.82, 2.24) is 5.32 Å². The van der Waals surface area contributed by atoms with Gasteiger partial charge in [-0.15, -0.1) is 0 Å². The van der Waals surface area contributed by atoms with Gasteiger partial charge in [-0.25, -0.2) is 0 Å². The Morgan fingerprint density at radius 3 is 2.86 bits per heavy atom. The normalized spacial score (nSPS) is 15.6. The van der Waals surface area contributed by atoms with Crippen LogP contribution in [-0.4, -0.2) is 30.0 Å². The van der Waals surface area contributed by atoms with Gasteiger partial charge in [0.15, 0.2) is 11.5 Å². The second-order valence-electron chi connectivity index (χ2n) is 5.62. The molecule has 0 aliphatic carbocycles. The molecule has 0 fully saturated rings. The van der Waals surface area contributed by atoms with Crippen LogP contribution >= 0.6 is 0 Å². The highest BCUT2D eigenvalue weighted by Crippen LogP contribution is 2.32. The van der Waals surface area contributed by atoms with E-state index in [0.717, 1.165) is 23.5 Å². The third-order valence-corrected chi connectivity index (χ3v) is 3.96. The summed E-state index contributed by atoms with van der Waals surface area (Å²) in [5.41, 5.74) is 0.718. The maximum atomic E-state index is 12.1. The molecule has 0 saturated carbocycles. The molecule has 1 aromatic carbocycles. The third-order valence-electron chi connectivity index (χ3n) is 3.96. The number of benzene rings is 1.